The first-order chi connectivity index (χ1) is 12.4. The molecule has 7 nitrogen and oxygen atoms in total. The summed E-state index contributed by atoms with van der Waals surface area (Å²) in [5.41, 5.74) is 1.84. The molecule has 0 bridgehead atoms. The van der Waals surface area contributed by atoms with Crippen molar-refractivity contribution in [1.29, 1.82) is 0 Å². The second-order valence-corrected chi connectivity index (χ2v) is 8.31. The highest BCUT2D eigenvalue weighted by Crippen LogP contribution is 2.20. The van der Waals surface area contributed by atoms with Crippen LogP contribution in [0, 0.1) is 0 Å². The van der Waals surface area contributed by atoms with Crippen LogP contribution in [0.1, 0.15) is 11.1 Å². The number of nitrogens with one attached hydrogen (secondary N) is 1. The second-order valence-electron chi connectivity index (χ2n) is 6.37. The molecule has 3 rings (SSSR count). The number of rotatable bonds is 6. The van der Waals surface area contributed by atoms with Crippen LogP contribution in [0.5, 0.6) is 0 Å². The Kier molecular flexibility index (Phi) is 5.53. The van der Waals surface area contributed by atoms with Crippen LogP contribution >= 0.6 is 0 Å². The molecule has 1 N–H and O–H groups in total. The summed E-state index contributed by atoms with van der Waals surface area (Å²) in [4.78, 5) is 17.9. The number of hydrogen-bond acceptors (Lipinski definition) is 4. The Morgan fingerprint density at radius 1 is 1.19 bits per heavy atom. The monoisotopic (exact) mass is 374 g/mol. The molecule has 0 radical (unpaired) electrons. The standard InChI is InChI=1S/C18H22N4O3S/c1-26(24,25)22(12-16-8-5-9-19-10-16)17-13-21(14-17)18(23)20-11-15-6-3-2-4-7-15/h2-10,17H,11-14H2,1H3,(H,20,23). The van der Waals surface area contributed by atoms with Gasteiger partial charge in [-0.15, -0.1) is 0 Å². The maximum Gasteiger partial charge on any atom is 0.317 e. The van der Waals surface area contributed by atoms with Crippen molar-refractivity contribution < 1.29 is 13.2 Å². The minimum atomic E-state index is -3.38. The Morgan fingerprint density at radius 2 is 1.88 bits per heavy atom. The van der Waals surface area contributed by atoms with Gasteiger partial charge in [0.2, 0.25) is 10.0 Å². The molecule has 1 fully saturated rings. The molecule has 0 atom stereocenters. The molecule has 0 aliphatic carbocycles. The van der Waals surface area contributed by atoms with E-state index in [1.807, 2.05) is 36.4 Å². The predicted octanol–water partition coefficient (Wildman–Crippen LogP) is 1.44. The first-order valence-electron chi connectivity index (χ1n) is 8.36. The van der Waals surface area contributed by atoms with Crippen molar-refractivity contribution in [1.82, 2.24) is 19.5 Å². The first kappa shape index (κ1) is 18.3. The van der Waals surface area contributed by atoms with E-state index < -0.39 is 10.0 Å². The molecule has 2 aromatic rings. The third kappa shape index (κ3) is 4.59. The number of carbonyl (C=O) groups excluding carboxylic acids is 1. The van der Waals surface area contributed by atoms with Gasteiger partial charge in [0.1, 0.15) is 0 Å². The van der Waals surface area contributed by atoms with Crippen molar-refractivity contribution in [3.63, 3.8) is 0 Å². The van der Waals surface area contributed by atoms with E-state index in [1.54, 1.807) is 23.4 Å². The minimum absolute atomic E-state index is 0.181. The fourth-order valence-electron chi connectivity index (χ4n) is 2.88. The molecule has 1 aliphatic rings. The van der Waals surface area contributed by atoms with Crippen LogP contribution in [0.3, 0.4) is 0 Å². The van der Waals surface area contributed by atoms with E-state index in [1.165, 1.54) is 10.6 Å². The zero-order chi connectivity index (χ0) is 18.6. The molecule has 8 heteroatoms. The lowest BCUT2D eigenvalue weighted by molar-refractivity contribution is 0.0982. The number of benzene rings is 1. The Hall–Kier alpha value is -2.45. The number of urea groups is 1. The minimum Gasteiger partial charge on any atom is -0.334 e. The van der Waals surface area contributed by atoms with Gasteiger partial charge in [0.15, 0.2) is 0 Å². The average molecular weight is 374 g/mol. The molecule has 0 spiro atoms. The summed E-state index contributed by atoms with van der Waals surface area (Å²) in [6.45, 7) is 1.48. The molecule has 26 heavy (non-hydrogen) atoms. The highest BCUT2D eigenvalue weighted by atomic mass is 32.2. The SMILES string of the molecule is CS(=O)(=O)N(Cc1cccnc1)C1CN(C(=O)NCc2ccccc2)C1. The molecule has 138 valence electrons. The summed E-state index contributed by atoms with van der Waals surface area (Å²) in [6, 6.07) is 12.9. The maximum atomic E-state index is 12.2. The van der Waals surface area contributed by atoms with E-state index in [9.17, 15) is 13.2 Å². The summed E-state index contributed by atoms with van der Waals surface area (Å²) in [5.74, 6) is 0. The van der Waals surface area contributed by atoms with Crippen LogP contribution in [0.25, 0.3) is 0 Å². The van der Waals surface area contributed by atoms with Crippen molar-refractivity contribution in [3.8, 4) is 0 Å². The largest absolute Gasteiger partial charge is 0.334 e. The van der Waals surface area contributed by atoms with E-state index >= 15 is 0 Å². The Morgan fingerprint density at radius 3 is 2.50 bits per heavy atom. The number of sulfonamides is 1. The van der Waals surface area contributed by atoms with Gasteiger partial charge in [-0.25, -0.2) is 13.2 Å². The number of aromatic nitrogens is 1. The van der Waals surface area contributed by atoms with Crippen molar-refractivity contribution in [2.24, 2.45) is 0 Å². The zero-order valence-electron chi connectivity index (χ0n) is 14.6. The van der Waals surface area contributed by atoms with Gasteiger partial charge in [0.05, 0.1) is 12.3 Å². The Labute approximate surface area is 153 Å². The molecule has 0 saturated carbocycles. The first-order valence-corrected chi connectivity index (χ1v) is 10.2. The van der Waals surface area contributed by atoms with Crippen LogP contribution in [0.15, 0.2) is 54.9 Å². The zero-order valence-corrected chi connectivity index (χ0v) is 15.4. The number of hydrogen-bond donors (Lipinski definition) is 1. The summed E-state index contributed by atoms with van der Waals surface area (Å²) in [6.07, 6.45) is 4.50. The van der Waals surface area contributed by atoms with Gasteiger partial charge in [-0.05, 0) is 17.2 Å². The van der Waals surface area contributed by atoms with Gasteiger partial charge in [-0.3, -0.25) is 4.98 Å². The second kappa shape index (κ2) is 7.84. The molecule has 2 heterocycles. The topological polar surface area (TPSA) is 82.6 Å². The van der Waals surface area contributed by atoms with E-state index in [0.29, 0.717) is 19.6 Å². The van der Waals surface area contributed by atoms with Gasteiger partial charge in [0.25, 0.3) is 0 Å². The van der Waals surface area contributed by atoms with E-state index in [0.717, 1.165) is 11.1 Å². The summed E-state index contributed by atoms with van der Waals surface area (Å²) in [7, 11) is -3.38. The molecular formula is C18H22N4O3S. The molecule has 2 amide bonds. The quantitative estimate of drug-likeness (QED) is 0.829. The van der Waals surface area contributed by atoms with Gasteiger partial charge >= 0.3 is 6.03 Å². The van der Waals surface area contributed by atoms with Gasteiger partial charge < -0.3 is 10.2 Å². The lowest BCUT2D eigenvalue weighted by atomic mass is 10.1. The number of pyridine rings is 1. The Bertz CT molecular complexity index is 837. The number of amides is 2. The summed E-state index contributed by atoms with van der Waals surface area (Å²) in [5, 5.41) is 2.86. The van der Waals surface area contributed by atoms with E-state index in [4.69, 9.17) is 0 Å². The van der Waals surface area contributed by atoms with Crippen LogP contribution in [-0.4, -0.2) is 54.0 Å². The third-order valence-corrected chi connectivity index (χ3v) is 5.61. The van der Waals surface area contributed by atoms with Crippen molar-refractivity contribution in [2.45, 2.75) is 19.1 Å². The van der Waals surface area contributed by atoms with E-state index in [2.05, 4.69) is 10.3 Å². The smallest absolute Gasteiger partial charge is 0.317 e. The highest BCUT2D eigenvalue weighted by Gasteiger charge is 2.38. The normalized spacial score (nSPS) is 14.9. The fraction of sp³-hybridized carbons (Fsp3) is 0.333. The molecular weight excluding hydrogens is 352 g/mol. The highest BCUT2D eigenvalue weighted by molar-refractivity contribution is 7.88. The number of likely N-dealkylation sites (tertiary alicyclic amines) is 1. The fourth-order valence-corrected chi connectivity index (χ4v) is 3.94. The number of nitrogens with zero attached hydrogens (tertiary/aromatic N) is 3. The van der Waals surface area contributed by atoms with E-state index in [-0.39, 0.29) is 18.6 Å². The predicted molar refractivity (Wildman–Crippen MR) is 98.7 cm³/mol. The van der Waals surface area contributed by atoms with Crippen molar-refractivity contribution in [3.05, 3.63) is 66.0 Å². The van der Waals surface area contributed by atoms with Crippen molar-refractivity contribution in [2.75, 3.05) is 19.3 Å². The summed E-state index contributed by atoms with van der Waals surface area (Å²) < 4.78 is 25.7. The molecule has 0 unspecified atom stereocenters. The van der Waals surface area contributed by atoms with Crippen LogP contribution in [0.2, 0.25) is 0 Å². The lowest BCUT2D eigenvalue weighted by Gasteiger charge is -2.44. The number of carbonyl (C=O) groups is 1. The maximum absolute atomic E-state index is 12.2. The van der Waals surface area contributed by atoms with Crippen LogP contribution in [0.4, 0.5) is 4.79 Å². The van der Waals surface area contributed by atoms with Gasteiger partial charge in [-0.2, -0.15) is 4.31 Å². The molecule has 1 aromatic carbocycles. The van der Waals surface area contributed by atoms with Gasteiger partial charge in [0, 0.05) is 38.6 Å². The third-order valence-electron chi connectivity index (χ3n) is 4.33. The van der Waals surface area contributed by atoms with Crippen LogP contribution in [-0.2, 0) is 23.1 Å². The average Bonchev–Trinajstić information content (AvgIpc) is 2.59. The summed E-state index contributed by atoms with van der Waals surface area (Å²) >= 11 is 0. The molecule has 1 saturated heterocycles. The Balaban J connectivity index is 1.55. The lowest BCUT2D eigenvalue weighted by Crippen LogP contribution is -2.63. The van der Waals surface area contributed by atoms with Crippen LogP contribution < -0.4 is 5.32 Å². The molecule has 1 aliphatic heterocycles. The van der Waals surface area contributed by atoms with Gasteiger partial charge in [-0.1, -0.05) is 36.4 Å². The molecule has 1 aromatic heterocycles. The van der Waals surface area contributed by atoms with Crippen molar-refractivity contribution >= 4 is 16.1 Å².